The van der Waals surface area contributed by atoms with Gasteiger partial charge in [-0.05, 0) is 31.2 Å². The highest BCUT2D eigenvalue weighted by Gasteiger charge is 2.30. The number of hydrogen-bond donors (Lipinski definition) is 2. The van der Waals surface area contributed by atoms with Crippen LogP contribution in [0.4, 0.5) is 5.69 Å². The summed E-state index contributed by atoms with van der Waals surface area (Å²) in [4.78, 5) is 31.8. The molecule has 0 spiro atoms. The number of piperidine rings is 1. The quantitative estimate of drug-likeness (QED) is 0.408. The number of nitrogens with zero attached hydrogens (tertiary/aromatic N) is 2. The summed E-state index contributed by atoms with van der Waals surface area (Å²) in [5.74, 6) is -1.53. The zero-order chi connectivity index (χ0) is 22.8. The van der Waals surface area contributed by atoms with Crippen molar-refractivity contribution >= 4 is 17.6 Å². The summed E-state index contributed by atoms with van der Waals surface area (Å²) in [6, 6.07) is 16.7. The molecule has 0 radical (unpaired) electrons. The van der Waals surface area contributed by atoms with E-state index in [1.165, 1.54) is 17.7 Å². The van der Waals surface area contributed by atoms with Crippen LogP contribution in [0.1, 0.15) is 17.9 Å². The number of aliphatic carboxylic acids is 2. The van der Waals surface area contributed by atoms with Gasteiger partial charge in [0.15, 0.2) is 0 Å². The Bertz CT molecular complexity index is 897. The molecular weight excluding hydrogens is 404 g/mol. The van der Waals surface area contributed by atoms with Gasteiger partial charge in [0.1, 0.15) is 11.9 Å². The second-order valence-corrected chi connectivity index (χ2v) is 6.99. The lowest BCUT2D eigenvalue weighted by molar-refractivity contribution is -0.384. The fourth-order valence-electron chi connectivity index (χ4n) is 3.22. The Morgan fingerprint density at radius 1 is 1.06 bits per heavy atom. The molecule has 31 heavy (non-hydrogen) atoms. The second kappa shape index (κ2) is 11.5. The molecule has 1 saturated heterocycles. The maximum absolute atomic E-state index is 10.7. The number of benzene rings is 2. The number of non-ortho nitro benzene ring substituents is 1. The predicted molar refractivity (Wildman–Crippen MR) is 113 cm³/mol. The average Bonchev–Trinajstić information content (AvgIpc) is 2.75. The average molecular weight is 428 g/mol. The van der Waals surface area contributed by atoms with Crippen LogP contribution in [0, 0.1) is 10.1 Å². The summed E-state index contributed by atoms with van der Waals surface area (Å²) < 4.78 is 6.16. The van der Waals surface area contributed by atoms with E-state index in [1.807, 2.05) is 18.2 Å². The van der Waals surface area contributed by atoms with Crippen molar-refractivity contribution in [2.75, 3.05) is 20.1 Å². The lowest BCUT2D eigenvalue weighted by atomic mass is 9.88. The Balaban J connectivity index is 0.000000366. The van der Waals surface area contributed by atoms with E-state index < -0.39 is 16.9 Å². The minimum absolute atomic E-state index is 0.0788. The molecule has 9 nitrogen and oxygen atoms in total. The summed E-state index contributed by atoms with van der Waals surface area (Å²) in [6.07, 6.45) is 2.13. The van der Waals surface area contributed by atoms with Crippen LogP contribution >= 0.6 is 0 Å². The number of nitro benzene ring substituents is 1. The van der Waals surface area contributed by atoms with Crippen LogP contribution in [0.15, 0.2) is 66.7 Å². The highest BCUT2D eigenvalue weighted by atomic mass is 16.6. The number of hydrogen-bond acceptors (Lipinski definition) is 6. The molecule has 0 amide bonds. The van der Waals surface area contributed by atoms with Crippen LogP contribution in [-0.4, -0.2) is 58.2 Å². The molecule has 2 aromatic carbocycles. The highest BCUT2D eigenvalue weighted by Crippen LogP contribution is 2.30. The minimum atomic E-state index is -1.26. The van der Waals surface area contributed by atoms with Crippen molar-refractivity contribution in [3.63, 3.8) is 0 Å². The van der Waals surface area contributed by atoms with Crippen molar-refractivity contribution < 1.29 is 29.5 Å². The molecule has 1 fully saturated rings. The number of carbonyl (C=O) groups is 2. The zero-order valence-corrected chi connectivity index (χ0v) is 17.0. The number of ether oxygens (including phenoxy) is 1. The third-order valence-electron chi connectivity index (χ3n) is 4.68. The summed E-state index contributed by atoms with van der Waals surface area (Å²) in [7, 11) is 2.12. The van der Waals surface area contributed by atoms with E-state index in [1.54, 1.807) is 12.1 Å². The van der Waals surface area contributed by atoms with Crippen molar-refractivity contribution in [3.8, 4) is 5.75 Å². The topological polar surface area (TPSA) is 130 Å². The van der Waals surface area contributed by atoms with Crippen LogP contribution in [0.2, 0.25) is 0 Å². The van der Waals surface area contributed by atoms with E-state index >= 15 is 0 Å². The second-order valence-electron chi connectivity index (χ2n) is 6.99. The lowest BCUT2D eigenvalue weighted by Gasteiger charge is -2.37. The Kier molecular flexibility index (Phi) is 8.71. The molecule has 2 aromatic rings. The van der Waals surface area contributed by atoms with E-state index in [4.69, 9.17) is 14.9 Å². The number of carboxylic acids is 2. The maximum Gasteiger partial charge on any atom is 0.328 e. The molecule has 1 aliphatic heterocycles. The molecule has 164 valence electrons. The summed E-state index contributed by atoms with van der Waals surface area (Å²) >= 11 is 0. The van der Waals surface area contributed by atoms with Gasteiger partial charge in [-0.3, -0.25) is 10.1 Å². The van der Waals surface area contributed by atoms with Gasteiger partial charge in [-0.15, -0.1) is 0 Å². The Morgan fingerprint density at radius 2 is 1.65 bits per heavy atom. The highest BCUT2D eigenvalue weighted by molar-refractivity contribution is 5.89. The molecule has 3 rings (SSSR count). The fraction of sp³-hybridized carbons (Fsp3) is 0.273. The monoisotopic (exact) mass is 428 g/mol. The van der Waals surface area contributed by atoms with Gasteiger partial charge in [0.2, 0.25) is 0 Å². The predicted octanol–water partition coefficient (Wildman–Crippen LogP) is 3.17. The minimum Gasteiger partial charge on any atom is -0.490 e. The van der Waals surface area contributed by atoms with Gasteiger partial charge in [-0.1, -0.05) is 30.3 Å². The normalized spacial score (nSPS) is 18.6. The van der Waals surface area contributed by atoms with E-state index in [9.17, 15) is 19.7 Å². The Morgan fingerprint density at radius 3 is 2.16 bits per heavy atom. The van der Waals surface area contributed by atoms with Crippen LogP contribution < -0.4 is 4.74 Å². The van der Waals surface area contributed by atoms with Crippen molar-refractivity contribution in [2.24, 2.45) is 0 Å². The first kappa shape index (κ1) is 23.6. The third kappa shape index (κ3) is 7.90. The van der Waals surface area contributed by atoms with Gasteiger partial charge in [0, 0.05) is 43.3 Å². The smallest absolute Gasteiger partial charge is 0.328 e. The van der Waals surface area contributed by atoms with E-state index in [0.717, 1.165) is 19.5 Å². The summed E-state index contributed by atoms with van der Waals surface area (Å²) in [5, 5.41) is 26.4. The van der Waals surface area contributed by atoms with Crippen LogP contribution in [0.5, 0.6) is 5.75 Å². The molecule has 0 saturated carbocycles. The van der Waals surface area contributed by atoms with Crippen LogP contribution in [0.25, 0.3) is 0 Å². The van der Waals surface area contributed by atoms with E-state index in [0.29, 0.717) is 23.8 Å². The largest absolute Gasteiger partial charge is 0.490 e. The Hall–Kier alpha value is -3.72. The third-order valence-corrected chi connectivity index (χ3v) is 4.68. The number of likely N-dealkylation sites (N-methyl/N-ethyl adjacent to an activating group) is 1. The molecule has 9 heteroatoms. The van der Waals surface area contributed by atoms with Crippen molar-refractivity contribution in [2.45, 2.75) is 18.4 Å². The van der Waals surface area contributed by atoms with Crippen molar-refractivity contribution in [3.05, 3.63) is 82.4 Å². The first-order valence-corrected chi connectivity index (χ1v) is 9.54. The molecule has 1 heterocycles. The standard InChI is InChI=1S/C18H20N2O3.C4H4O4/c1-19-12-11-18(17(13-19)14-5-3-2-4-6-14)23-16-9-7-15(8-10-16)20(21)22;5-3(6)1-2-4(7)8/h2-10,17-18H,11-13H2,1H3;1-2H,(H,5,6)(H,7,8)/b;2-1-/t17-,18+;/m1./s1. The van der Waals surface area contributed by atoms with Crippen molar-refractivity contribution in [1.82, 2.24) is 4.90 Å². The molecular formula is C22H24N2O7. The van der Waals surface area contributed by atoms with Gasteiger partial charge in [0.25, 0.3) is 5.69 Å². The molecule has 0 bridgehead atoms. The molecule has 2 atom stereocenters. The van der Waals surface area contributed by atoms with Gasteiger partial charge < -0.3 is 19.8 Å². The van der Waals surface area contributed by atoms with Crippen molar-refractivity contribution in [1.29, 1.82) is 0 Å². The molecule has 2 N–H and O–H groups in total. The number of rotatable bonds is 6. The fourth-order valence-corrected chi connectivity index (χ4v) is 3.22. The first-order valence-electron chi connectivity index (χ1n) is 9.54. The van der Waals surface area contributed by atoms with E-state index in [-0.39, 0.29) is 11.8 Å². The van der Waals surface area contributed by atoms with Gasteiger partial charge in [-0.25, -0.2) is 9.59 Å². The number of carboxylic acid groups (broad SMARTS) is 2. The van der Waals surface area contributed by atoms with Gasteiger partial charge >= 0.3 is 11.9 Å². The van der Waals surface area contributed by atoms with Gasteiger partial charge in [-0.2, -0.15) is 0 Å². The van der Waals surface area contributed by atoms with Crippen LogP contribution in [0.3, 0.4) is 0 Å². The van der Waals surface area contributed by atoms with Crippen LogP contribution in [-0.2, 0) is 9.59 Å². The lowest BCUT2D eigenvalue weighted by Crippen LogP contribution is -2.42. The zero-order valence-electron chi connectivity index (χ0n) is 17.0. The molecule has 0 aromatic heterocycles. The Labute approximate surface area is 179 Å². The SMILES string of the molecule is CN1CC[C@H](Oc2ccc([N+](=O)[O-])cc2)[C@@H](c2ccccc2)C1.O=C(O)/C=C\C(=O)O. The molecule has 0 aliphatic carbocycles. The number of nitro groups is 1. The molecule has 0 unspecified atom stereocenters. The van der Waals surface area contributed by atoms with Gasteiger partial charge in [0.05, 0.1) is 4.92 Å². The van der Waals surface area contributed by atoms with E-state index in [2.05, 4.69) is 24.1 Å². The summed E-state index contributed by atoms with van der Waals surface area (Å²) in [6.45, 7) is 1.93. The number of likely N-dealkylation sites (tertiary alicyclic amines) is 1. The molecule has 1 aliphatic rings. The summed E-state index contributed by atoms with van der Waals surface area (Å²) in [5.41, 5.74) is 1.35. The maximum atomic E-state index is 10.7. The first-order chi connectivity index (χ1) is 14.8.